The van der Waals surface area contributed by atoms with Crippen LogP contribution in [0.2, 0.25) is 0 Å². The Morgan fingerprint density at radius 3 is 3.12 bits per heavy atom. The zero-order valence-corrected chi connectivity index (χ0v) is 14.4. The number of unbranched alkanes of at least 4 members (excludes halogenated alkanes) is 1. The van der Waals surface area contributed by atoms with E-state index in [1.165, 1.54) is 0 Å². The van der Waals surface area contributed by atoms with Crippen LogP contribution in [0.1, 0.15) is 25.7 Å². The molecule has 0 aliphatic carbocycles. The molecule has 2 rings (SSSR count). The largest absolute Gasteiger partial charge is 0.379 e. The number of thioether (sulfide) groups is 1. The Bertz CT molecular complexity index is 485. The Kier molecular flexibility index (Phi) is 8.00. The van der Waals surface area contributed by atoms with Crippen LogP contribution in [0.25, 0.3) is 10.4 Å². The monoisotopic (exact) mass is 356 g/mol. The summed E-state index contributed by atoms with van der Waals surface area (Å²) in [6, 6.07) is 0.435. The summed E-state index contributed by atoms with van der Waals surface area (Å²) in [5, 5.41) is 12.5. The summed E-state index contributed by atoms with van der Waals surface area (Å²) in [4.78, 5) is 25.6. The van der Waals surface area contributed by atoms with Gasteiger partial charge in [-0.1, -0.05) is 11.5 Å². The molecule has 0 saturated carbocycles. The van der Waals surface area contributed by atoms with Crippen LogP contribution < -0.4 is 16.0 Å². The van der Waals surface area contributed by atoms with Crippen LogP contribution >= 0.6 is 11.8 Å². The molecule has 0 bridgehead atoms. The van der Waals surface area contributed by atoms with Gasteiger partial charge in [-0.05, 0) is 18.4 Å². The molecule has 3 atom stereocenters. The van der Waals surface area contributed by atoms with Gasteiger partial charge in [-0.3, -0.25) is 4.79 Å². The fraction of sp³-hybridized carbons (Fsp3) is 0.857. The van der Waals surface area contributed by atoms with E-state index in [0.717, 1.165) is 25.0 Å². The molecule has 0 aromatic heterocycles. The van der Waals surface area contributed by atoms with E-state index in [-0.39, 0.29) is 24.0 Å². The van der Waals surface area contributed by atoms with E-state index in [0.29, 0.717) is 38.0 Å². The van der Waals surface area contributed by atoms with E-state index in [1.54, 1.807) is 0 Å². The third-order valence-corrected chi connectivity index (χ3v) is 5.56. The summed E-state index contributed by atoms with van der Waals surface area (Å²) >= 11 is 1.90. The Morgan fingerprint density at radius 2 is 2.29 bits per heavy atom. The van der Waals surface area contributed by atoms with Crippen molar-refractivity contribution in [2.24, 2.45) is 5.11 Å². The Hall–Kier alpha value is -1.64. The Labute approximate surface area is 145 Å². The first-order valence-electron chi connectivity index (χ1n) is 8.24. The van der Waals surface area contributed by atoms with Crippen molar-refractivity contribution in [3.05, 3.63) is 10.4 Å². The lowest BCUT2D eigenvalue weighted by molar-refractivity contribution is -0.121. The molecule has 3 N–H and O–H groups in total. The molecule has 24 heavy (non-hydrogen) atoms. The molecule has 2 saturated heterocycles. The zero-order valence-electron chi connectivity index (χ0n) is 13.6. The van der Waals surface area contributed by atoms with Crippen LogP contribution in [0.5, 0.6) is 0 Å². The molecule has 0 aromatic carbocycles. The van der Waals surface area contributed by atoms with Gasteiger partial charge < -0.3 is 20.7 Å². The molecule has 0 spiro atoms. The molecule has 2 fully saturated rings. The molecular formula is C14H24N6O3S. The van der Waals surface area contributed by atoms with Gasteiger partial charge >= 0.3 is 6.03 Å². The number of carbonyl (C=O) groups is 2. The van der Waals surface area contributed by atoms with Crippen molar-refractivity contribution in [2.45, 2.75) is 43.0 Å². The fourth-order valence-corrected chi connectivity index (χ4v) is 4.42. The molecule has 134 valence electrons. The summed E-state index contributed by atoms with van der Waals surface area (Å²) in [5.74, 6) is 0.996. The van der Waals surface area contributed by atoms with Crippen molar-refractivity contribution in [3.8, 4) is 0 Å². The lowest BCUT2D eigenvalue weighted by atomic mass is 10.0. The van der Waals surface area contributed by atoms with E-state index >= 15 is 0 Å². The van der Waals surface area contributed by atoms with Gasteiger partial charge in [-0.25, -0.2) is 4.79 Å². The van der Waals surface area contributed by atoms with Gasteiger partial charge in [-0.2, -0.15) is 11.8 Å². The van der Waals surface area contributed by atoms with E-state index in [9.17, 15) is 9.59 Å². The van der Waals surface area contributed by atoms with E-state index in [1.807, 2.05) is 11.8 Å². The van der Waals surface area contributed by atoms with Crippen molar-refractivity contribution >= 4 is 23.7 Å². The average Bonchev–Trinajstić information content (AvgIpc) is 3.10. The number of carbonyl (C=O) groups excluding carboxylic acids is 2. The van der Waals surface area contributed by atoms with Crippen molar-refractivity contribution in [2.75, 3.05) is 32.1 Å². The van der Waals surface area contributed by atoms with Crippen molar-refractivity contribution < 1.29 is 14.3 Å². The number of nitrogens with zero attached hydrogens (tertiary/aromatic N) is 3. The first-order chi connectivity index (χ1) is 11.7. The number of hydrogen-bond donors (Lipinski definition) is 3. The molecule has 9 nitrogen and oxygen atoms in total. The second-order valence-corrected chi connectivity index (χ2v) is 7.06. The second-order valence-electron chi connectivity index (χ2n) is 5.78. The summed E-state index contributed by atoms with van der Waals surface area (Å²) in [7, 11) is 0. The molecule has 2 aliphatic rings. The second kappa shape index (κ2) is 10.3. The maximum atomic E-state index is 11.7. The van der Waals surface area contributed by atoms with Gasteiger partial charge in [0.15, 0.2) is 0 Å². The summed E-state index contributed by atoms with van der Waals surface area (Å²) in [6.07, 6.45) is 3.35. The number of urea groups is 1. The van der Waals surface area contributed by atoms with Crippen LogP contribution in [0.4, 0.5) is 4.79 Å². The predicted octanol–water partition coefficient (Wildman–Crippen LogP) is 1.16. The Morgan fingerprint density at radius 1 is 1.42 bits per heavy atom. The van der Waals surface area contributed by atoms with Crippen LogP contribution in [0.3, 0.4) is 0 Å². The summed E-state index contributed by atoms with van der Waals surface area (Å²) in [6.45, 7) is 1.56. The lowest BCUT2D eigenvalue weighted by Crippen LogP contribution is -2.36. The lowest BCUT2D eigenvalue weighted by Gasteiger charge is -2.16. The third kappa shape index (κ3) is 6.10. The predicted molar refractivity (Wildman–Crippen MR) is 91.8 cm³/mol. The first kappa shape index (κ1) is 18.7. The number of azide groups is 1. The number of fused-ring (bicyclic) bond motifs is 1. The summed E-state index contributed by atoms with van der Waals surface area (Å²) < 4.78 is 5.21. The maximum Gasteiger partial charge on any atom is 0.315 e. The number of ether oxygens (including phenoxy) is 1. The number of nitrogens with one attached hydrogen (secondary N) is 3. The number of rotatable bonds is 11. The van der Waals surface area contributed by atoms with Gasteiger partial charge in [0.2, 0.25) is 5.91 Å². The Balaban J connectivity index is 1.45. The van der Waals surface area contributed by atoms with Crippen LogP contribution in [0.15, 0.2) is 5.11 Å². The number of amides is 3. The van der Waals surface area contributed by atoms with Crippen molar-refractivity contribution in [1.82, 2.24) is 16.0 Å². The molecule has 2 heterocycles. The normalized spacial score (nSPS) is 24.7. The highest BCUT2D eigenvalue weighted by atomic mass is 32.2. The molecule has 1 unspecified atom stereocenters. The topological polar surface area (TPSA) is 128 Å². The fourth-order valence-electron chi connectivity index (χ4n) is 2.88. The highest BCUT2D eigenvalue weighted by molar-refractivity contribution is 8.00. The van der Waals surface area contributed by atoms with Gasteiger partial charge in [0.05, 0.1) is 25.3 Å². The van der Waals surface area contributed by atoms with Crippen LogP contribution in [-0.2, 0) is 9.53 Å². The average molecular weight is 356 g/mol. The third-order valence-electron chi connectivity index (χ3n) is 4.05. The minimum absolute atomic E-state index is 0.0291. The summed E-state index contributed by atoms with van der Waals surface area (Å²) in [5.41, 5.74) is 8.09. The molecule has 0 radical (unpaired) electrons. The molecule has 10 heteroatoms. The minimum atomic E-state index is -0.0590. The highest BCUT2D eigenvalue weighted by Crippen LogP contribution is 2.33. The van der Waals surface area contributed by atoms with Crippen LogP contribution in [-0.4, -0.2) is 61.3 Å². The van der Waals surface area contributed by atoms with Gasteiger partial charge in [0, 0.05) is 35.4 Å². The van der Waals surface area contributed by atoms with E-state index in [4.69, 9.17) is 10.3 Å². The highest BCUT2D eigenvalue weighted by Gasteiger charge is 2.42. The quantitative estimate of drug-likeness (QED) is 0.169. The standard InChI is InChI=1S/C14H24N6O3S/c15-20-17-6-8-23-7-5-16-12(21)4-2-1-3-11-13-10(9-24-11)18-14(22)19-13/h10-11,13H,1-9H2,(H,16,21)(H2,18,19,22)/t10-,11-,13?/m0/s1. The van der Waals surface area contributed by atoms with Gasteiger partial charge in [-0.15, -0.1) is 0 Å². The number of hydrogen-bond acceptors (Lipinski definition) is 5. The smallest absolute Gasteiger partial charge is 0.315 e. The van der Waals surface area contributed by atoms with Crippen molar-refractivity contribution in [3.63, 3.8) is 0 Å². The molecule has 2 aliphatic heterocycles. The minimum Gasteiger partial charge on any atom is -0.379 e. The molecule has 3 amide bonds. The molecular weight excluding hydrogens is 332 g/mol. The zero-order chi connectivity index (χ0) is 17.2. The van der Waals surface area contributed by atoms with E-state index < -0.39 is 0 Å². The SMILES string of the molecule is [N-]=[N+]=NCCOCCNC(=O)CCCC[C@@H]1SC[C@@H]2NC(=O)NC21. The first-order valence-corrected chi connectivity index (χ1v) is 9.29. The maximum absolute atomic E-state index is 11.7. The van der Waals surface area contributed by atoms with E-state index in [2.05, 4.69) is 26.0 Å². The molecule has 0 aromatic rings. The van der Waals surface area contributed by atoms with Crippen LogP contribution in [0, 0.1) is 0 Å². The van der Waals surface area contributed by atoms with Gasteiger partial charge in [0.25, 0.3) is 0 Å². The van der Waals surface area contributed by atoms with Gasteiger partial charge in [0.1, 0.15) is 0 Å². The van der Waals surface area contributed by atoms with Crippen molar-refractivity contribution in [1.29, 1.82) is 0 Å².